The Hall–Kier alpha value is -2.66. The summed E-state index contributed by atoms with van der Waals surface area (Å²) in [5, 5.41) is 1.12. The summed E-state index contributed by atoms with van der Waals surface area (Å²) in [5.41, 5.74) is 3.17. The van der Waals surface area contributed by atoms with Crippen molar-refractivity contribution >= 4 is 16.9 Å². The van der Waals surface area contributed by atoms with Gasteiger partial charge in [0, 0.05) is 55.4 Å². The van der Waals surface area contributed by atoms with E-state index in [2.05, 4.69) is 34.1 Å². The molecule has 5 nitrogen and oxygen atoms in total. The number of rotatable bonds is 4. The van der Waals surface area contributed by atoms with Gasteiger partial charge in [0.2, 0.25) is 5.91 Å². The fourth-order valence-corrected chi connectivity index (χ4v) is 3.82. The van der Waals surface area contributed by atoms with Gasteiger partial charge >= 0.3 is 0 Å². The zero-order valence-electron chi connectivity index (χ0n) is 15.3. The van der Waals surface area contributed by atoms with Gasteiger partial charge in [0.15, 0.2) is 0 Å². The third-order valence-electron chi connectivity index (χ3n) is 5.55. The fraction of sp³-hybridized carbons (Fsp3) is 0.364. The van der Waals surface area contributed by atoms with Gasteiger partial charge in [0.1, 0.15) is 11.3 Å². The van der Waals surface area contributed by atoms with Crippen molar-refractivity contribution in [2.45, 2.75) is 19.4 Å². The van der Waals surface area contributed by atoms with Crippen molar-refractivity contribution < 1.29 is 9.21 Å². The van der Waals surface area contributed by atoms with E-state index in [0.29, 0.717) is 11.8 Å². The lowest BCUT2D eigenvalue weighted by Crippen LogP contribution is -2.48. The first-order valence-corrected chi connectivity index (χ1v) is 9.70. The van der Waals surface area contributed by atoms with E-state index in [0.717, 1.165) is 73.4 Å². The summed E-state index contributed by atoms with van der Waals surface area (Å²) in [5.74, 6) is 1.66. The van der Waals surface area contributed by atoms with Crippen LogP contribution in [0.4, 0.5) is 0 Å². The second-order valence-corrected chi connectivity index (χ2v) is 7.58. The predicted molar refractivity (Wildman–Crippen MR) is 104 cm³/mol. The molecule has 1 aliphatic carbocycles. The monoisotopic (exact) mass is 361 g/mol. The number of carbonyl (C=O) groups is 1. The van der Waals surface area contributed by atoms with Crippen molar-refractivity contribution in [3.63, 3.8) is 0 Å². The van der Waals surface area contributed by atoms with Crippen LogP contribution in [0.25, 0.3) is 22.1 Å². The van der Waals surface area contributed by atoms with E-state index in [-0.39, 0.29) is 0 Å². The first-order valence-electron chi connectivity index (χ1n) is 9.70. The Morgan fingerprint density at radius 2 is 1.93 bits per heavy atom. The molecule has 1 aromatic carbocycles. The van der Waals surface area contributed by atoms with Crippen LogP contribution in [0.2, 0.25) is 0 Å². The molecule has 3 aromatic rings. The van der Waals surface area contributed by atoms with E-state index in [4.69, 9.17) is 4.42 Å². The second-order valence-electron chi connectivity index (χ2n) is 7.58. The Kier molecular flexibility index (Phi) is 4.17. The minimum Gasteiger partial charge on any atom is -0.460 e. The molecule has 0 N–H and O–H groups in total. The molecule has 2 fully saturated rings. The highest BCUT2D eigenvalue weighted by atomic mass is 16.3. The predicted octanol–water partition coefficient (Wildman–Crippen LogP) is 3.55. The van der Waals surface area contributed by atoms with Gasteiger partial charge in [0.05, 0.1) is 6.54 Å². The number of amides is 1. The topological polar surface area (TPSA) is 49.6 Å². The van der Waals surface area contributed by atoms with Gasteiger partial charge in [-0.05, 0) is 42.7 Å². The maximum atomic E-state index is 12.2. The summed E-state index contributed by atoms with van der Waals surface area (Å²) < 4.78 is 6.05. The molecule has 3 heterocycles. The molecular formula is C22H23N3O2. The van der Waals surface area contributed by atoms with Crippen molar-refractivity contribution in [1.29, 1.82) is 0 Å². The quantitative estimate of drug-likeness (QED) is 0.713. The average molecular weight is 361 g/mol. The van der Waals surface area contributed by atoms with Crippen LogP contribution in [0.3, 0.4) is 0 Å². The summed E-state index contributed by atoms with van der Waals surface area (Å²) in [4.78, 5) is 20.8. The van der Waals surface area contributed by atoms with Gasteiger partial charge in [-0.25, -0.2) is 0 Å². The Bertz CT molecular complexity index is 954. The molecule has 1 amide bonds. The smallest absolute Gasteiger partial charge is 0.225 e. The lowest BCUT2D eigenvalue weighted by molar-refractivity contribution is -0.134. The van der Waals surface area contributed by atoms with Crippen molar-refractivity contribution in [3.8, 4) is 11.1 Å². The largest absolute Gasteiger partial charge is 0.460 e. The third-order valence-corrected chi connectivity index (χ3v) is 5.55. The number of benzene rings is 1. The summed E-state index contributed by atoms with van der Waals surface area (Å²) in [6, 6.07) is 12.4. The van der Waals surface area contributed by atoms with Gasteiger partial charge < -0.3 is 9.32 Å². The number of furan rings is 1. The van der Waals surface area contributed by atoms with Crippen LogP contribution in [0.15, 0.2) is 53.2 Å². The Morgan fingerprint density at radius 3 is 2.67 bits per heavy atom. The average Bonchev–Trinajstić information content (AvgIpc) is 3.48. The van der Waals surface area contributed by atoms with Crippen molar-refractivity contribution in [1.82, 2.24) is 14.8 Å². The molecule has 2 aromatic heterocycles. The molecule has 0 spiro atoms. The number of nitrogens with zero attached hydrogens (tertiary/aromatic N) is 3. The van der Waals surface area contributed by atoms with E-state index in [1.54, 1.807) is 6.20 Å². The lowest BCUT2D eigenvalue weighted by Gasteiger charge is -2.34. The molecule has 0 bridgehead atoms. The van der Waals surface area contributed by atoms with E-state index in [1.807, 2.05) is 23.2 Å². The van der Waals surface area contributed by atoms with Gasteiger partial charge in [0.25, 0.3) is 0 Å². The molecule has 5 rings (SSSR count). The van der Waals surface area contributed by atoms with Crippen molar-refractivity contribution in [2.24, 2.45) is 5.92 Å². The van der Waals surface area contributed by atoms with Gasteiger partial charge in [-0.15, -0.1) is 0 Å². The van der Waals surface area contributed by atoms with Crippen LogP contribution in [-0.4, -0.2) is 46.9 Å². The van der Waals surface area contributed by atoms with Crippen LogP contribution < -0.4 is 0 Å². The van der Waals surface area contributed by atoms with Crippen LogP contribution in [0.1, 0.15) is 18.6 Å². The van der Waals surface area contributed by atoms with Crippen molar-refractivity contribution in [2.75, 3.05) is 26.2 Å². The molecule has 138 valence electrons. The molecule has 5 heteroatoms. The molecule has 27 heavy (non-hydrogen) atoms. The maximum absolute atomic E-state index is 12.2. The summed E-state index contributed by atoms with van der Waals surface area (Å²) >= 11 is 0. The van der Waals surface area contributed by atoms with E-state index < -0.39 is 0 Å². The Labute approximate surface area is 158 Å². The molecule has 0 unspecified atom stereocenters. The van der Waals surface area contributed by atoms with Gasteiger partial charge in [-0.3, -0.25) is 14.7 Å². The maximum Gasteiger partial charge on any atom is 0.225 e. The summed E-state index contributed by atoms with van der Waals surface area (Å²) in [6.45, 7) is 4.29. The number of pyridine rings is 1. The highest BCUT2D eigenvalue weighted by Gasteiger charge is 2.34. The van der Waals surface area contributed by atoms with E-state index >= 15 is 0 Å². The first-order chi connectivity index (χ1) is 13.3. The third kappa shape index (κ3) is 3.47. The molecule has 1 aliphatic heterocycles. The first kappa shape index (κ1) is 16.5. The van der Waals surface area contributed by atoms with Crippen LogP contribution >= 0.6 is 0 Å². The number of piperazine rings is 1. The highest BCUT2D eigenvalue weighted by Crippen LogP contribution is 2.31. The molecule has 1 saturated heterocycles. The molecule has 0 atom stereocenters. The zero-order valence-corrected chi connectivity index (χ0v) is 15.3. The minimum absolute atomic E-state index is 0.320. The summed E-state index contributed by atoms with van der Waals surface area (Å²) in [6.07, 6.45) is 5.83. The second kappa shape index (κ2) is 6.82. The van der Waals surface area contributed by atoms with Crippen LogP contribution in [0.5, 0.6) is 0 Å². The molecule has 1 saturated carbocycles. The zero-order chi connectivity index (χ0) is 18.2. The van der Waals surface area contributed by atoms with Crippen LogP contribution in [0, 0.1) is 5.92 Å². The van der Waals surface area contributed by atoms with Gasteiger partial charge in [-0.1, -0.05) is 12.1 Å². The van der Waals surface area contributed by atoms with E-state index in [1.165, 1.54) is 0 Å². The fourth-order valence-electron chi connectivity index (χ4n) is 3.82. The molecular weight excluding hydrogens is 338 g/mol. The lowest BCUT2D eigenvalue weighted by atomic mass is 10.1. The number of hydrogen-bond acceptors (Lipinski definition) is 4. The minimum atomic E-state index is 0.320. The van der Waals surface area contributed by atoms with Crippen molar-refractivity contribution in [3.05, 3.63) is 54.6 Å². The van der Waals surface area contributed by atoms with Crippen LogP contribution in [-0.2, 0) is 11.3 Å². The standard InChI is InChI=1S/C22H23N3O2/c26-22(16-3-4-16)25-10-8-24(9-11-25)15-20-13-19-12-17(5-6-21(19)27-20)18-2-1-7-23-14-18/h1-2,5-7,12-14,16H,3-4,8-11,15H2. The SMILES string of the molecule is O=C(C1CC1)N1CCN(Cc2cc3cc(-c4cccnc4)ccc3o2)CC1. The Morgan fingerprint density at radius 1 is 1.07 bits per heavy atom. The summed E-state index contributed by atoms with van der Waals surface area (Å²) in [7, 11) is 0. The highest BCUT2D eigenvalue weighted by molar-refractivity contribution is 5.84. The van der Waals surface area contributed by atoms with Gasteiger partial charge in [-0.2, -0.15) is 0 Å². The molecule has 2 aliphatic rings. The Balaban J connectivity index is 1.26. The number of carbonyl (C=O) groups excluding carboxylic acids is 1. The number of fused-ring (bicyclic) bond motifs is 1. The number of aromatic nitrogens is 1. The van der Waals surface area contributed by atoms with E-state index in [9.17, 15) is 4.79 Å². The number of hydrogen-bond donors (Lipinski definition) is 0. The normalized spacial score (nSPS) is 18.1. The molecule has 0 radical (unpaired) electrons.